The van der Waals surface area contributed by atoms with Crippen molar-refractivity contribution in [3.05, 3.63) is 33.8 Å². The van der Waals surface area contributed by atoms with E-state index in [0.29, 0.717) is 10.0 Å². The van der Waals surface area contributed by atoms with Gasteiger partial charge in [0.25, 0.3) is 0 Å². The minimum absolute atomic E-state index is 0.143. The van der Waals surface area contributed by atoms with Crippen LogP contribution in [0.2, 0.25) is 10.0 Å². The lowest BCUT2D eigenvalue weighted by atomic mass is 10.1. The number of unbranched alkanes of at least 4 members (excludes halogenated alkanes) is 1. The minimum Gasteiger partial charge on any atom is -0.375 e. The number of nitrogens with zero attached hydrogens (tertiary/aromatic N) is 1. The first-order valence-electron chi connectivity index (χ1n) is 5.62. The summed E-state index contributed by atoms with van der Waals surface area (Å²) in [6.45, 7) is 2.12. The molecule has 0 aliphatic carbocycles. The number of thiocarbonyl (C=S) groups is 1. The second-order valence-corrected chi connectivity index (χ2v) is 5.02. The fraction of sp³-hybridized carbons (Fsp3) is 0.333. The molecule has 1 rings (SSSR count). The summed E-state index contributed by atoms with van der Waals surface area (Å²) in [5.74, 6) is 0. The third kappa shape index (κ3) is 4.80. The van der Waals surface area contributed by atoms with Gasteiger partial charge in [0.1, 0.15) is 0 Å². The van der Waals surface area contributed by atoms with E-state index in [-0.39, 0.29) is 5.11 Å². The molecule has 0 spiro atoms. The summed E-state index contributed by atoms with van der Waals surface area (Å²) in [7, 11) is 0. The SMILES string of the molecule is CCCC/C(=N\NC(N)=S)c1ccc(Cl)c(Cl)c1. The van der Waals surface area contributed by atoms with Crippen LogP contribution in [0.15, 0.2) is 23.3 Å². The molecule has 0 radical (unpaired) electrons. The van der Waals surface area contributed by atoms with Gasteiger partial charge in [0.05, 0.1) is 15.8 Å². The number of nitrogens with one attached hydrogen (secondary N) is 1. The van der Waals surface area contributed by atoms with E-state index in [9.17, 15) is 0 Å². The van der Waals surface area contributed by atoms with Crippen LogP contribution in [0.4, 0.5) is 0 Å². The maximum absolute atomic E-state index is 6.00. The van der Waals surface area contributed by atoms with E-state index in [1.54, 1.807) is 12.1 Å². The summed E-state index contributed by atoms with van der Waals surface area (Å²) < 4.78 is 0. The van der Waals surface area contributed by atoms with Gasteiger partial charge in [-0.15, -0.1) is 0 Å². The first kappa shape index (κ1) is 15.2. The van der Waals surface area contributed by atoms with E-state index in [1.807, 2.05) is 6.07 Å². The minimum atomic E-state index is 0.143. The van der Waals surface area contributed by atoms with Crippen LogP contribution in [0.1, 0.15) is 31.7 Å². The van der Waals surface area contributed by atoms with E-state index in [1.165, 1.54) is 0 Å². The van der Waals surface area contributed by atoms with Gasteiger partial charge in [-0.05, 0) is 42.8 Å². The molecule has 0 aliphatic rings. The van der Waals surface area contributed by atoms with Crippen LogP contribution in [0.3, 0.4) is 0 Å². The number of hydrazone groups is 1. The largest absolute Gasteiger partial charge is 0.375 e. The molecule has 0 amide bonds. The highest BCUT2D eigenvalue weighted by atomic mass is 35.5. The molecule has 0 saturated heterocycles. The highest BCUT2D eigenvalue weighted by Gasteiger charge is 2.06. The number of hydrogen-bond donors (Lipinski definition) is 2. The zero-order chi connectivity index (χ0) is 13.5. The Hall–Kier alpha value is -0.840. The first-order chi connectivity index (χ1) is 8.54. The fourth-order valence-electron chi connectivity index (χ4n) is 1.41. The van der Waals surface area contributed by atoms with Gasteiger partial charge in [-0.25, -0.2) is 0 Å². The Morgan fingerprint density at radius 3 is 2.67 bits per heavy atom. The third-order valence-electron chi connectivity index (χ3n) is 2.32. The van der Waals surface area contributed by atoms with Gasteiger partial charge in [0.2, 0.25) is 0 Å². The Balaban J connectivity index is 2.96. The topological polar surface area (TPSA) is 50.4 Å². The quantitative estimate of drug-likeness (QED) is 0.495. The van der Waals surface area contributed by atoms with Crippen molar-refractivity contribution in [2.75, 3.05) is 0 Å². The average molecular weight is 304 g/mol. The molecule has 0 unspecified atom stereocenters. The van der Waals surface area contributed by atoms with Crippen LogP contribution in [-0.2, 0) is 0 Å². The number of hydrogen-bond acceptors (Lipinski definition) is 2. The highest BCUT2D eigenvalue weighted by molar-refractivity contribution is 7.80. The molecule has 1 aromatic rings. The van der Waals surface area contributed by atoms with Gasteiger partial charge in [0, 0.05) is 0 Å². The molecule has 0 bridgehead atoms. The highest BCUT2D eigenvalue weighted by Crippen LogP contribution is 2.23. The Morgan fingerprint density at radius 1 is 1.39 bits per heavy atom. The molecule has 1 aromatic carbocycles. The molecule has 98 valence electrons. The lowest BCUT2D eigenvalue weighted by molar-refractivity contribution is 0.828. The molecule has 3 nitrogen and oxygen atoms in total. The van der Waals surface area contributed by atoms with Crippen molar-refractivity contribution in [2.45, 2.75) is 26.2 Å². The van der Waals surface area contributed by atoms with Crippen molar-refractivity contribution in [3.63, 3.8) is 0 Å². The number of benzene rings is 1. The standard InChI is InChI=1S/C12H15Cl2N3S/c1-2-3-4-11(16-17-12(15)18)8-5-6-9(13)10(14)7-8/h5-7H,2-4H2,1H3,(H3,15,17,18)/b16-11+. The van der Waals surface area contributed by atoms with Crippen molar-refractivity contribution in [1.29, 1.82) is 0 Å². The van der Waals surface area contributed by atoms with Gasteiger partial charge < -0.3 is 5.73 Å². The monoisotopic (exact) mass is 303 g/mol. The molecule has 0 aromatic heterocycles. The molecule has 0 heterocycles. The lowest BCUT2D eigenvalue weighted by Gasteiger charge is -2.08. The number of nitrogens with two attached hydrogens (primary N) is 1. The Kier molecular flexibility index (Phi) is 6.39. The number of rotatable bonds is 5. The van der Waals surface area contributed by atoms with E-state index >= 15 is 0 Å². The Bertz CT molecular complexity index is 461. The van der Waals surface area contributed by atoms with Gasteiger partial charge in [-0.3, -0.25) is 5.43 Å². The van der Waals surface area contributed by atoms with Gasteiger partial charge in [0.15, 0.2) is 5.11 Å². The molecular weight excluding hydrogens is 289 g/mol. The van der Waals surface area contributed by atoms with Crippen molar-refractivity contribution in [3.8, 4) is 0 Å². The molecule has 0 saturated carbocycles. The zero-order valence-electron chi connectivity index (χ0n) is 10.0. The van der Waals surface area contributed by atoms with Crippen molar-refractivity contribution >= 4 is 46.2 Å². The lowest BCUT2D eigenvalue weighted by Crippen LogP contribution is -2.25. The predicted molar refractivity (Wildman–Crippen MR) is 82.4 cm³/mol. The van der Waals surface area contributed by atoms with Crippen LogP contribution in [0.5, 0.6) is 0 Å². The first-order valence-corrected chi connectivity index (χ1v) is 6.78. The van der Waals surface area contributed by atoms with Crippen molar-refractivity contribution < 1.29 is 0 Å². The maximum atomic E-state index is 6.00. The summed E-state index contributed by atoms with van der Waals surface area (Å²) in [5, 5.41) is 5.38. The normalized spacial score (nSPS) is 11.4. The molecule has 0 atom stereocenters. The van der Waals surface area contributed by atoms with E-state index in [0.717, 1.165) is 30.5 Å². The van der Waals surface area contributed by atoms with Crippen LogP contribution in [-0.4, -0.2) is 10.8 Å². The average Bonchev–Trinajstić information content (AvgIpc) is 2.33. The van der Waals surface area contributed by atoms with Crippen molar-refractivity contribution in [2.24, 2.45) is 10.8 Å². The summed E-state index contributed by atoms with van der Waals surface area (Å²) in [4.78, 5) is 0. The van der Waals surface area contributed by atoms with E-state index in [2.05, 4.69) is 17.5 Å². The smallest absolute Gasteiger partial charge is 0.184 e. The third-order valence-corrected chi connectivity index (χ3v) is 3.15. The second kappa shape index (κ2) is 7.56. The van der Waals surface area contributed by atoms with Crippen LogP contribution < -0.4 is 11.2 Å². The Labute approximate surface area is 122 Å². The predicted octanol–water partition coefficient (Wildman–Crippen LogP) is 3.72. The molecular formula is C12H15Cl2N3S. The van der Waals surface area contributed by atoms with Crippen molar-refractivity contribution in [1.82, 2.24) is 5.43 Å². The summed E-state index contributed by atoms with van der Waals surface area (Å²) in [6, 6.07) is 5.42. The molecule has 6 heteroatoms. The molecule has 0 fully saturated rings. The van der Waals surface area contributed by atoms with Crippen LogP contribution in [0, 0.1) is 0 Å². The van der Waals surface area contributed by atoms with Gasteiger partial charge in [-0.1, -0.05) is 42.6 Å². The summed E-state index contributed by atoms with van der Waals surface area (Å²) >= 11 is 16.6. The molecule has 18 heavy (non-hydrogen) atoms. The van der Waals surface area contributed by atoms with E-state index < -0.39 is 0 Å². The van der Waals surface area contributed by atoms with Gasteiger partial charge in [-0.2, -0.15) is 5.10 Å². The number of halogens is 2. The summed E-state index contributed by atoms with van der Waals surface area (Å²) in [5.41, 5.74) is 9.76. The van der Waals surface area contributed by atoms with Gasteiger partial charge >= 0.3 is 0 Å². The maximum Gasteiger partial charge on any atom is 0.184 e. The van der Waals surface area contributed by atoms with E-state index in [4.69, 9.17) is 41.2 Å². The zero-order valence-corrected chi connectivity index (χ0v) is 12.4. The van der Waals surface area contributed by atoms with Crippen LogP contribution >= 0.6 is 35.4 Å². The molecule has 3 N–H and O–H groups in total. The second-order valence-electron chi connectivity index (χ2n) is 3.77. The van der Waals surface area contributed by atoms with Crippen LogP contribution in [0.25, 0.3) is 0 Å². The fourth-order valence-corrected chi connectivity index (χ4v) is 1.75. The molecule has 0 aliphatic heterocycles. The Morgan fingerprint density at radius 2 is 2.11 bits per heavy atom. The summed E-state index contributed by atoms with van der Waals surface area (Å²) in [6.07, 6.45) is 2.93.